The second-order valence-electron chi connectivity index (χ2n) is 5.59. The number of pyridine rings is 1. The highest BCUT2D eigenvalue weighted by atomic mass is 16.5. The van der Waals surface area contributed by atoms with Crippen LogP contribution in [0, 0.1) is 6.92 Å². The van der Waals surface area contributed by atoms with E-state index in [2.05, 4.69) is 15.1 Å². The summed E-state index contributed by atoms with van der Waals surface area (Å²) in [6.45, 7) is 2.55. The molecular weight excluding hydrogens is 280 g/mol. The molecule has 3 rings (SSSR count). The molecule has 2 aromatic heterocycles. The lowest BCUT2D eigenvalue weighted by molar-refractivity contribution is -0.132. The molecular formula is C16H20N4O2. The van der Waals surface area contributed by atoms with Gasteiger partial charge >= 0.3 is 0 Å². The van der Waals surface area contributed by atoms with E-state index in [1.54, 1.807) is 13.1 Å². The van der Waals surface area contributed by atoms with Gasteiger partial charge in [0.25, 0.3) is 0 Å². The molecule has 6 nitrogen and oxygen atoms in total. The molecule has 22 heavy (non-hydrogen) atoms. The van der Waals surface area contributed by atoms with Crippen LogP contribution in [0.1, 0.15) is 49.1 Å². The number of nitrogens with zero attached hydrogens (tertiary/aromatic N) is 4. The quantitative estimate of drug-likeness (QED) is 0.848. The van der Waals surface area contributed by atoms with Crippen molar-refractivity contribution in [3.05, 3.63) is 41.8 Å². The number of hydrogen-bond acceptors (Lipinski definition) is 5. The maximum Gasteiger partial charge on any atom is 0.223 e. The van der Waals surface area contributed by atoms with Crippen LogP contribution in [-0.4, -0.2) is 32.5 Å². The van der Waals surface area contributed by atoms with Crippen LogP contribution in [0.5, 0.6) is 0 Å². The van der Waals surface area contributed by atoms with Crippen LogP contribution in [0.3, 0.4) is 0 Å². The zero-order valence-electron chi connectivity index (χ0n) is 12.7. The van der Waals surface area contributed by atoms with E-state index in [0.717, 1.165) is 37.9 Å². The lowest BCUT2D eigenvalue weighted by Crippen LogP contribution is -2.31. The minimum atomic E-state index is -0.0280. The molecule has 0 aromatic carbocycles. The van der Waals surface area contributed by atoms with Gasteiger partial charge in [-0.2, -0.15) is 4.98 Å². The summed E-state index contributed by atoms with van der Waals surface area (Å²) >= 11 is 0. The second kappa shape index (κ2) is 6.68. The summed E-state index contributed by atoms with van der Waals surface area (Å²) in [6, 6.07) is 5.83. The minimum absolute atomic E-state index is 0.0280. The van der Waals surface area contributed by atoms with E-state index in [0.29, 0.717) is 18.1 Å². The third-order valence-corrected chi connectivity index (χ3v) is 3.96. The Morgan fingerprint density at radius 1 is 1.45 bits per heavy atom. The fourth-order valence-corrected chi connectivity index (χ4v) is 2.89. The molecule has 0 spiro atoms. The van der Waals surface area contributed by atoms with Crippen molar-refractivity contribution in [2.24, 2.45) is 0 Å². The summed E-state index contributed by atoms with van der Waals surface area (Å²) in [6.07, 6.45) is 5.85. The molecule has 1 aliphatic heterocycles. The highest BCUT2D eigenvalue weighted by molar-refractivity contribution is 5.76. The second-order valence-corrected chi connectivity index (χ2v) is 5.59. The van der Waals surface area contributed by atoms with Crippen LogP contribution < -0.4 is 0 Å². The molecule has 0 N–H and O–H groups in total. The van der Waals surface area contributed by atoms with Crippen LogP contribution in [0.25, 0.3) is 0 Å². The molecule has 0 aliphatic carbocycles. The van der Waals surface area contributed by atoms with Gasteiger partial charge in [-0.25, -0.2) is 0 Å². The van der Waals surface area contributed by atoms with Crippen molar-refractivity contribution in [2.45, 2.75) is 45.1 Å². The highest BCUT2D eigenvalue weighted by Crippen LogP contribution is 2.30. The molecule has 3 heterocycles. The van der Waals surface area contributed by atoms with Crippen molar-refractivity contribution >= 4 is 5.91 Å². The number of amides is 1. The van der Waals surface area contributed by atoms with Gasteiger partial charge in [0.15, 0.2) is 5.82 Å². The third kappa shape index (κ3) is 3.32. The van der Waals surface area contributed by atoms with Crippen molar-refractivity contribution < 1.29 is 9.32 Å². The number of likely N-dealkylation sites (tertiary alicyclic amines) is 1. The Hall–Kier alpha value is -2.24. The maximum absolute atomic E-state index is 12.4. The van der Waals surface area contributed by atoms with E-state index >= 15 is 0 Å². The Bertz CT molecular complexity index is 626. The summed E-state index contributed by atoms with van der Waals surface area (Å²) in [7, 11) is 0. The highest BCUT2D eigenvalue weighted by Gasteiger charge is 2.32. The fraction of sp³-hybridized carbons (Fsp3) is 0.500. The molecule has 6 heteroatoms. The van der Waals surface area contributed by atoms with E-state index in [1.807, 2.05) is 23.1 Å². The summed E-state index contributed by atoms with van der Waals surface area (Å²) in [5, 5.41) is 3.97. The van der Waals surface area contributed by atoms with Crippen LogP contribution in [-0.2, 0) is 11.2 Å². The van der Waals surface area contributed by atoms with Gasteiger partial charge in [0, 0.05) is 31.8 Å². The predicted molar refractivity (Wildman–Crippen MR) is 79.9 cm³/mol. The van der Waals surface area contributed by atoms with E-state index in [-0.39, 0.29) is 11.9 Å². The Kier molecular flexibility index (Phi) is 4.46. The molecule has 0 saturated carbocycles. The minimum Gasteiger partial charge on any atom is -0.340 e. The van der Waals surface area contributed by atoms with Gasteiger partial charge in [0.2, 0.25) is 11.8 Å². The van der Waals surface area contributed by atoms with Crippen LogP contribution in [0.4, 0.5) is 0 Å². The largest absolute Gasteiger partial charge is 0.340 e. The Morgan fingerprint density at radius 3 is 3.09 bits per heavy atom. The number of aromatic nitrogens is 3. The van der Waals surface area contributed by atoms with E-state index in [1.165, 1.54) is 0 Å². The summed E-state index contributed by atoms with van der Waals surface area (Å²) in [5.41, 5.74) is 1.03. The zero-order valence-corrected chi connectivity index (χ0v) is 12.7. The monoisotopic (exact) mass is 300 g/mol. The molecule has 1 fully saturated rings. The van der Waals surface area contributed by atoms with Crippen LogP contribution >= 0.6 is 0 Å². The summed E-state index contributed by atoms with van der Waals surface area (Å²) in [4.78, 5) is 22.9. The number of hydrogen-bond donors (Lipinski definition) is 0. The van der Waals surface area contributed by atoms with Gasteiger partial charge in [-0.3, -0.25) is 9.78 Å². The Morgan fingerprint density at radius 2 is 2.36 bits per heavy atom. The fourth-order valence-electron chi connectivity index (χ4n) is 2.89. The topological polar surface area (TPSA) is 72.1 Å². The number of aryl methyl sites for hydroxylation is 2. The first-order valence-electron chi connectivity index (χ1n) is 7.73. The van der Waals surface area contributed by atoms with Crippen molar-refractivity contribution in [3.63, 3.8) is 0 Å². The van der Waals surface area contributed by atoms with Gasteiger partial charge in [-0.05, 0) is 37.8 Å². The molecule has 116 valence electrons. The van der Waals surface area contributed by atoms with Gasteiger partial charge in [0.05, 0.1) is 6.04 Å². The lowest BCUT2D eigenvalue weighted by Gasteiger charge is -2.22. The van der Waals surface area contributed by atoms with Gasteiger partial charge in [-0.15, -0.1) is 0 Å². The van der Waals surface area contributed by atoms with Gasteiger partial charge in [-0.1, -0.05) is 11.2 Å². The van der Waals surface area contributed by atoms with E-state index < -0.39 is 0 Å². The lowest BCUT2D eigenvalue weighted by atomic mass is 10.1. The number of carbonyl (C=O) groups is 1. The van der Waals surface area contributed by atoms with Crippen molar-refractivity contribution in [3.8, 4) is 0 Å². The van der Waals surface area contributed by atoms with E-state index in [4.69, 9.17) is 4.52 Å². The number of carbonyl (C=O) groups excluding carboxylic acids is 1. The molecule has 0 radical (unpaired) electrons. The Balaban J connectivity index is 1.55. The predicted octanol–water partition coefficient (Wildman–Crippen LogP) is 2.46. The van der Waals surface area contributed by atoms with Crippen molar-refractivity contribution in [2.75, 3.05) is 6.54 Å². The SMILES string of the molecule is Cc1nc([C@@H]2CCCN2C(=O)CCCc2ccccn2)no1. The molecule has 1 atom stereocenters. The Labute approximate surface area is 129 Å². The van der Waals surface area contributed by atoms with Crippen molar-refractivity contribution in [1.29, 1.82) is 0 Å². The summed E-state index contributed by atoms with van der Waals surface area (Å²) < 4.78 is 5.04. The van der Waals surface area contributed by atoms with Gasteiger partial charge in [0.1, 0.15) is 0 Å². The smallest absolute Gasteiger partial charge is 0.223 e. The third-order valence-electron chi connectivity index (χ3n) is 3.96. The van der Waals surface area contributed by atoms with E-state index in [9.17, 15) is 4.79 Å². The first-order valence-corrected chi connectivity index (χ1v) is 7.73. The normalized spacial score (nSPS) is 17.9. The maximum atomic E-state index is 12.4. The molecule has 1 amide bonds. The van der Waals surface area contributed by atoms with Crippen LogP contribution in [0.15, 0.2) is 28.9 Å². The van der Waals surface area contributed by atoms with Crippen molar-refractivity contribution in [1.82, 2.24) is 20.0 Å². The van der Waals surface area contributed by atoms with Gasteiger partial charge < -0.3 is 9.42 Å². The first-order chi connectivity index (χ1) is 10.7. The molecule has 1 saturated heterocycles. The molecule has 0 bridgehead atoms. The summed E-state index contributed by atoms with van der Waals surface area (Å²) in [5.74, 6) is 1.35. The van der Waals surface area contributed by atoms with Crippen LogP contribution in [0.2, 0.25) is 0 Å². The molecule has 2 aromatic rings. The first kappa shape index (κ1) is 14.7. The average molecular weight is 300 g/mol. The molecule has 0 unspecified atom stereocenters. The molecule has 1 aliphatic rings. The standard InChI is InChI=1S/C16H20N4O2/c1-12-18-16(19-22-12)14-8-5-11-20(14)15(21)9-4-7-13-6-2-3-10-17-13/h2-3,6,10,14H,4-5,7-9,11H2,1H3/t14-/m0/s1. The average Bonchev–Trinajstić information content (AvgIpc) is 3.16. The zero-order chi connectivity index (χ0) is 15.4. The number of rotatable bonds is 5.